The maximum Gasteiger partial charge on any atom is 0.265 e. The summed E-state index contributed by atoms with van der Waals surface area (Å²) in [5.41, 5.74) is 2.57. The summed E-state index contributed by atoms with van der Waals surface area (Å²) in [6, 6.07) is 10.8. The van der Waals surface area contributed by atoms with E-state index in [2.05, 4.69) is 14.9 Å². The summed E-state index contributed by atoms with van der Waals surface area (Å²) in [5, 5.41) is 16.6. The molecule has 0 aliphatic rings. The van der Waals surface area contributed by atoms with E-state index in [0.29, 0.717) is 11.3 Å². The average Bonchev–Trinajstić information content (AvgIpc) is 3.13. The second kappa shape index (κ2) is 7.69. The number of anilines is 1. The molecule has 7 nitrogen and oxygen atoms in total. The van der Waals surface area contributed by atoms with Gasteiger partial charge in [0.2, 0.25) is 5.13 Å². The molecule has 3 aromatic rings. The van der Waals surface area contributed by atoms with Crippen molar-refractivity contribution in [3.05, 3.63) is 58.6 Å². The highest BCUT2D eigenvalue weighted by atomic mass is 32.2. The third-order valence-electron chi connectivity index (χ3n) is 3.44. The minimum Gasteiger partial charge on any atom is -0.457 e. The Balaban J connectivity index is 1.91. The van der Waals surface area contributed by atoms with Gasteiger partial charge in [-0.2, -0.15) is 5.26 Å². The van der Waals surface area contributed by atoms with E-state index in [9.17, 15) is 18.1 Å². The molecule has 0 spiro atoms. The first-order valence-electron chi connectivity index (χ1n) is 7.59. The van der Waals surface area contributed by atoms with Crippen LogP contribution in [0.4, 0.5) is 9.52 Å². The van der Waals surface area contributed by atoms with Crippen LogP contribution in [0.3, 0.4) is 0 Å². The van der Waals surface area contributed by atoms with Gasteiger partial charge in [0.05, 0.1) is 5.56 Å². The molecule has 0 aliphatic carbocycles. The van der Waals surface area contributed by atoms with Crippen LogP contribution in [-0.2, 0) is 16.7 Å². The van der Waals surface area contributed by atoms with Crippen molar-refractivity contribution < 1.29 is 17.5 Å². The largest absolute Gasteiger partial charge is 0.457 e. The zero-order chi connectivity index (χ0) is 19.4. The van der Waals surface area contributed by atoms with E-state index in [4.69, 9.17) is 4.74 Å². The molecule has 0 saturated carbocycles. The third kappa shape index (κ3) is 4.39. The maximum atomic E-state index is 12.9. The molecule has 0 atom stereocenters. The van der Waals surface area contributed by atoms with Crippen LogP contribution < -0.4 is 9.46 Å². The summed E-state index contributed by atoms with van der Waals surface area (Å²) < 4.78 is 45.8. The molecule has 0 radical (unpaired) electrons. The Bertz CT molecular complexity index is 1110. The Kier molecular flexibility index (Phi) is 5.34. The van der Waals surface area contributed by atoms with Crippen LogP contribution in [0.1, 0.15) is 16.7 Å². The minimum atomic E-state index is -4.00. The van der Waals surface area contributed by atoms with Gasteiger partial charge in [-0.15, -0.1) is 10.2 Å². The van der Waals surface area contributed by atoms with Gasteiger partial charge in [-0.3, -0.25) is 4.72 Å². The lowest BCUT2D eigenvalue weighted by molar-refractivity contribution is 0.467. The first-order chi connectivity index (χ1) is 12.9. The number of ether oxygens (including phenoxy) is 1. The first-order valence-corrected chi connectivity index (χ1v) is 9.95. The van der Waals surface area contributed by atoms with Gasteiger partial charge < -0.3 is 4.74 Å². The molecule has 0 unspecified atom stereocenters. The van der Waals surface area contributed by atoms with Crippen LogP contribution in [0.2, 0.25) is 0 Å². The summed E-state index contributed by atoms with van der Waals surface area (Å²) in [4.78, 5) is -0.207. The van der Waals surface area contributed by atoms with E-state index in [0.717, 1.165) is 16.9 Å². The fraction of sp³-hybridized carbons (Fsp3) is 0.118. The summed E-state index contributed by atoms with van der Waals surface area (Å²) >= 11 is 1.02. The van der Waals surface area contributed by atoms with Gasteiger partial charge >= 0.3 is 0 Å². The molecular formula is C17H13FN4O3S2. The van der Waals surface area contributed by atoms with Crippen molar-refractivity contribution in [1.29, 1.82) is 5.26 Å². The lowest BCUT2D eigenvalue weighted by Crippen LogP contribution is -2.14. The quantitative estimate of drug-likeness (QED) is 0.670. The van der Waals surface area contributed by atoms with Crippen molar-refractivity contribution in [2.75, 3.05) is 4.72 Å². The van der Waals surface area contributed by atoms with Gasteiger partial charge in [-0.1, -0.05) is 17.4 Å². The van der Waals surface area contributed by atoms with Gasteiger partial charge in [0.1, 0.15) is 34.6 Å². The van der Waals surface area contributed by atoms with E-state index in [-0.39, 0.29) is 21.3 Å². The molecule has 27 heavy (non-hydrogen) atoms. The summed E-state index contributed by atoms with van der Waals surface area (Å²) in [6.07, 6.45) is 0. The number of nitrogens with zero attached hydrogens (tertiary/aromatic N) is 3. The summed E-state index contributed by atoms with van der Waals surface area (Å²) in [5.74, 6) is 0.658. The van der Waals surface area contributed by atoms with Crippen LogP contribution >= 0.6 is 11.3 Å². The molecular weight excluding hydrogens is 391 g/mol. The second-order valence-corrected chi connectivity index (χ2v) is 7.99. The molecule has 0 amide bonds. The highest BCUT2D eigenvalue weighted by Crippen LogP contribution is 2.28. The normalized spacial score (nSPS) is 11.0. The van der Waals surface area contributed by atoms with E-state index >= 15 is 0 Å². The Hall–Kier alpha value is -3.03. The number of halogens is 1. The number of aryl methyl sites for hydroxylation is 1. The van der Waals surface area contributed by atoms with Crippen LogP contribution in [0.15, 0.2) is 46.8 Å². The van der Waals surface area contributed by atoms with Crippen molar-refractivity contribution >= 4 is 26.5 Å². The third-order valence-corrected chi connectivity index (χ3v) is 5.58. The SMILES string of the molecule is Cc1cc(CF)cc(Oc2ccc(S(=O)(=O)Nc3nncs3)c(C#N)c2)c1. The topological polar surface area (TPSA) is 105 Å². The fourth-order valence-electron chi connectivity index (χ4n) is 2.38. The molecule has 2 aromatic carbocycles. The van der Waals surface area contributed by atoms with Crippen molar-refractivity contribution in [1.82, 2.24) is 10.2 Å². The number of nitrogens with one attached hydrogen (secondary N) is 1. The smallest absolute Gasteiger partial charge is 0.265 e. The van der Waals surface area contributed by atoms with Crippen LogP contribution in [0, 0.1) is 18.3 Å². The molecule has 1 N–H and O–H groups in total. The Morgan fingerprint density at radius 3 is 2.74 bits per heavy atom. The number of rotatable bonds is 6. The van der Waals surface area contributed by atoms with Gasteiger partial charge in [0.15, 0.2) is 0 Å². The predicted molar refractivity (Wildman–Crippen MR) is 97.9 cm³/mol. The Labute approximate surface area is 159 Å². The number of sulfonamides is 1. The Morgan fingerprint density at radius 1 is 1.26 bits per heavy atom. The minimum absolute atomic E-state index is 0.0946. The van der Waals surface area contributed by atoms with E-state index in [1.807, 2.05) is 13.0 Å². The van der Waals surface area contributed by atoms with Crippen LogP contribution in [0.5, 0.6) is 11.5 Å². The maximum absolute atomic E-state index is 12.9. The van der Waals surface area contributed by atoms with Gasteiger partial charge in [-0.05, 0) is 48.4 Å². The molecule has 138 valence electrons. The number of alkyl halides is 1. The van der Waals surface area contributed by atoms with Crippen LogP contribution in [0.25, 0.3) is 0 Å². The zero-order valence-electron chi connectivity index (χ0n) is 14.0. The average molecular weight is 404 g/mol. The summed E-state index contributed by atoms with van der Waals surface area (Å²) in [7, 11) is -4.00. The second-order valence-electron chi connectivity index (χ2n) is 5.51. The fourth-order valence-corrected chi connectivity index (χ4v) is 4.21. The van der Waals surface area contributed by atoms with E-state index in [1.54, 1.807) is 18.2 Å². The summed E-state index contributed by atoms with van der Waals surface area (Å²) in [6.45, 7) is 1.18. The number of nitriles is 1. The lowest BCUT2D eigenvalue weighted by atomic mass is 10.1. The van der Waals surface area contributed by atoms with Crippen molar-refractivity contribution in [3.63, 3.8) is 0 Å². The van der Waals surface area contributed by atoms with Gasteiger partial charge in [-0.25, -0.2) is 12.8 Å². The van der Waals surface area contributed by atoms with Crippen molar-refractivity contribution in [2.24, 2.45) is 0 Å². The predicted octanol–water partition coefficient (Wildman–Crippen LogP) is 3.78. The molecule has 0 fully saturated rings. The van der Waals surface area contributed by atoms with Crippen LogP contribution in [-0.4, -0.2) is 18.6 Å². The van der Waals surface area contributed by atoms with Crippen molar-refractivity contribution in [2.45, 2.75) is 18.5 Å². The van der Waals surface area contributed by atoms with E-state index in [1.165, 1.54) is 23.7 Å². The number of hydrogen-bond acceptors (Lipinski definition) is 7. The molecule has 3 rings (SSSR count). The number of benzene rings is 2. The van der Waals surface area contributed by atoms with E-state index < -0.39 is 16.7 Å². The lowest BCUT2D eigenvalue weighted by Gasteiger charge is -2.11. The molecule has 10 heteroatoms. The number of aromatic nitrogens is 2. The molecule has 0 bridgehead atoms. The molecule has 0 aliphatic heterocycles. The van der Waals surface area contributed by atoms with Crippen molar-refractivity contribution in [3.8, 4) is 17.6 Å². The van der Waals surface area contributed by atoms with Gasteiger partial charge in [0, 0.05) is 0 Å². The zero-order valence-corrected chi connectivity index (χ0v) is 15.6. The first kappa shape index (κ1) is 18.8. The highest BCUT2D eigenvalue weighted by molar-refractivity contribution is 7.93. The molecule has 1 heterocycles. The molecule has 1 aromatic heterocycles. The molecule has 0 saturated heterocycles. The number of hydrogen-bond donors (Lipinski definition) is 1. The van der Waals surface area contributed by atoms with Gasteiger partial charge in [0.25, 0.3) is 10.0 Å². The monoisotopic (exact) mass is 404 g/mol. The standard InChI is InChI=1S/C17H13FN4O3S2/c1-11-4-12(8-18)6-15(5-11)25-14-2-3-16(13(7-14)9-19)27(23,24)22-17-21-20-10-26-17/h2-7,10H,8H2,1H3,(H,21,22). The Morgan fingerprint density at radius 2 is 2.07 bits per heavy atom. The highest BCUT2D eigenvalue weighted by Gasteiger charge is 2.21.